The molecule has 0 bridgehead atoms. The number of nitrogens with two attached hydrogens (primary N) is 1. The van der Waals surface area contributed by atoms with Crippen LogP contribution in [-0.2, 0) is 0 Å². The molecule has 94 valence electrons. The molecule has 2 heteroatoms. The molecule has 1 aliphatic carbocycles. The quantitative estimate of drug-likeness (QED) is 0.866. The zero-order valence-corrected chi connectivity index (χ0v) is 12.0. The lowest BCUT2D eigenvalue weighted by Gasteiger charge is -2.28. The highest BCUT2D eigenvalue weighted by molar-refractivity contribution is 9.10. The van der Waals surface area contributed by atoms with Gasteiger partial charge in [0.1, 0.15) is 0 Å². The van der Waals surface area contributed by atoms with Crippen molar-refractivity contribution in [2.45, 2.75) is 31.7 Å². The Hall–Kier alpha value is -0.860. The molecule has 1 atom stereocenters. The minimum Gasteiger partial charge on any atom is -0.324 e. The maximum atomic E-state index is 6.32. The van der Waals surface area contributed by atoms with E-state index < -0.39 is 0 Å². The fourth-order valence-corrected chi connectivity index (χ4v) is 3.07. The smallest absolute Gasteiger partial charge is 0.0297 e. The predicted molar refractivity (Wildman–Crippen MR) is 80.5 cm³/mol. The molecule has 0 radical (unpaired) electrons. The molecule has 0 amide bonds. The third-order valence-electron chi connectivity index (χ3n) is 4.07. The monoisotopic (exact) mass is 303 g/mol. The summed E-state index contributed by atoms with van der Waals surface area (Å²) in [5.74, 6) is 0.862. The number of fused-ring (bicyclic) bond motifs is 1. The van der Waals surface area contributed by atoms with Gasteiger partial charge in [-0.05, 0) is 46.9 Å². The number of rotatable bonds is 3. The first kappa shape index (κ1) is 12.2. The SMILES string of the molecule is NC(CC1CCC1)c1ccc2cc(Br)ccc2c1. The lowest BCUT2D eigenvalue weighted by molar-refractivity contribution is 0.277. The molecule has 0 aromatic heterocycles. The van der Waals surface area contributed by atoms with Crippen LogP contribution in [0.15, 0.2) is 40.9 Å². The van der Waals surface area contributed by atoms with Gasteiger partial charge in [0.25, 0.3) is 0 Å². The minimum atomic E-state index is 0.198. The van der Waals surface area contributed by atoms with Gasteiger partial charge in [-0.1, -0.05) is 53.4 Å². The van der Waals surface area contributed by atoms with Crippen molar-refractivity contribution in [1.29, 1.82) is 0 Å². The summed E-state index contributed by atoms with van der Waals surface area (Å²) in [5.41, 5.74) is 7.59. The van der Waals surface area contributed by atoms with Gasteiger partial charge in [-0.3, -0.25) is 0 Å². The number of hydrogen-bond acceptors (Lipinski definition) is 1. The van der Waals surface area contributed by atoms with Gasteiger partial charge in [-0.25, -0.2) is 0 Å². The van der Waals surface area contributed by atoms with Crippen LogP contribution in [0.2, 0.25) is 0 Å². The molecule has 0 saturated heterocycles. The molecule has 1 aliphatic rings. The van der Waals surface area contributed by atoms with Gasteiger partial charge >= 0.3 is 0 Å². The van der Waals surface area contributed by atoms with E-state index in [2.05, 4.69) is 52.3 Å². The third-order valence-corrected chi connectivity index (χ3v) is 4.56. The molecule has 0 heterocycles. The van der Waals surface area contributed by atoms with Crippen molar-refractivity contribution in [2.75, 3.05) is 0 Å². The van der Waals surface area contributed by atoms with Crippen LogP contribution in [0.25, 0.3) is 10.8 Å². The number of benzene rings is 2. The van der Waals surface area contributed by atoms with Gasteiger partial charge in [-0.15, -0.1) is 0 Å². The summed E-state index contributed by atoms with van der Waals surface area (Å²) in [4.78, 5) is 0. The Labute approximate surface area is 117 Å². The molecule has 2 aromatic carbocycles. The van der Waals surface area contributed by atoms with E-state index in [-0.39, 0.29) is 6.04 Å². The van der Waals surface area contributed by atoms with E-state index in [1.54, 1.807) is 0 Å². The van der Waals surface area contributed by atoms with E-state index in [9.17, 15) is 0 Å². The summed E-state index contributed by atoms with van der Waals surface area (Å²) >= 11 is 3.50. The van der Waals surface area contributed by atoms with E-state index in [0.717, 1.165) is 16.8 Å². The molecule has 2 N–H and O–H groups in total. The molecule has 3 rings (SSSR count). The van der Waals surface area contributed by atoms with Gasteiger partial charge in [0, 0.05) is 10.5 Å². The average Bonchev–Trinajstić information content (AvgIpc) is 2.33. The second kappa shape index (κ2) is 5.02. The largest absolute Gasteiger partial charge is 0.324 e. The summed E-state index contributed by atoms with van der Waals surface area (Å²) in [6.45, 7) is 0. The Morgan fingerprint density at radius 2 is 1.83 bits per heavy atom. The molecule has 0 aliphatic heterocycles. The molecule has 1 unspecified atom stereocenters. The van der Waals surface area contributed by atoms with E-state index in [0.29, 0.717) is 0 Å². The summed E-state index contributed by atoms with van der Waals surface area (Å²) in [6.07, 6.45) is 5.27. The fourth-order valence-electron chi connectivity index (χ4n) is 2.69. The van der Waals surface area contributed by atoms with Crippen molar-refractivity contribution < 1.29 is 0 Å². The first-order chi connectivity index (χ1) is 8.72. The molecular weight excluding hydrogens is 286 g/mol. The molecule has 1 fully saturated rings. The van der Waals surface area contributed by atoms with Crippen molar-refractivity contribution in [1.82, 2.24) is 0 Å². The molecule has 0 spiro atoms. The average molecular weight is 304 g/mol. The molecule has 18 heavy (non-hydrogen) atoms. The van der Waals surface area contributed by atoms with E-state index in [4.69, 9.17) is 5.73 Å². The molecule has 2 aromatic rings. The van der Waals surface area contributed by atoms with Crippen molar-refractivity contribution in [3.8, 4) is 0 Å². The zero-order valence-electron chi connectivity index (χ0n) is 10.4. The normalized spacial score (nSPS) is 17.7. The van der Waals surface area contributed by atoms with Gasteiger partial charge in [-0.2, -0.15) is 0 Å². The van der Waals surface area contributed by atoms with Crippen LogP contribution in [0.1, 0.15) is 37.3 Å². The van der Waals surface area contributed by atoms with Crippen LogP contribution in [0.4, 0.5) is 0 Å². The lowest BCUT2D eigenvalue weighted by Crippen LogP contribution is -2.20. The lowest BCUT2D eigenvalue weighted by atomic mass is 9.80. The summed E-state index contributed by atoms with van der Waals surface area (Å²) < 4.78 is 1.13. The van der Waals surface area contributed by atoms with Crippen LogP contribution in [-0.4, -0.2) is 0 Å². The fraction of sp³-hybridized carbons (Fsp3) is 0.375. The third kappa shape index (κ3) is 2.45. The first-order valence-corrected chi connectivity index (χ1v) is 7.46. The standard InChI is InChI=1S/C16H18BrN/c17-15-7-6-12-9-14(5-4-13(12)10-15)16(18)8-11-2-1-3-11/h4-7,9-11,16H,1-3,8,18H2. The highest BCUT2D eigenvalue weighted by Crippen LogP contribution is 2.34. The van der Waals surface area contributed by atoms with Crippen LogP contribution in [0.3, 0.4) is 0 Å². The van der Waals surface area contributed by atoms with E-state index in [1.165, 1.54) is 35.6 Å². The summed E-state index contributed by atoms with van der Waals surface area (Å²) in [5, 5.41) is 2.55. The van der Waals surface area contributed by atoms with Crippen LogP contribution < -0.4 is 5.73 Å². The predicted octanol–water partition coefficient (Wildman–Crippen LogP) is 4.79. The minimum absolute atomic E-state index is 0.198. The van der Waals surface area contributed by atoms with Crippen molar-refractivity contribution in [3.05, 3.63) is 46.4 Å². The van der Waals surface area contributed by atoms with Crippen LogP contribution in [0, 0.1) is 5.92 Å². The van der Waals surface area contributed by atoms with Crippen molar-refractivity contribution >= 4 is 26.7 Å². The first-order valence-electron chi connectivity index (χ1n) is 6.67. The highest BCUT2D eigenvalue weighted by Gasteiger charge is 2.20. The van der Waals surface area contributed by atoms with Crippen molar-refractivity contribution in [3.63, 3.8) is 0 Å². The van der Waals surface area contributed by atoms with Gasteiger partial charge in [0.15, 0.2) is 0 Å². The van der Waals surface area contributed by atoms with Gasteiger partial charge in [0.2, 0.25) is 0 Å². The van der Waals surface area contributed by atoms with Gasteiger partial charge < -0.3 is 5.73 Å². The zero-order chi connectivity index (χ0) is 12.5. The van der Waals surface area contributed by atoms with Gasteiger partial charge in [0.05, 0.1) is 0 Å². The number of halogens is 1. The number of hydrogen-bond donors (Lipinski definition) is 1. The molecular formula is C16H18BrN. The van der Waals surface area contributed by atoms with Crippen molar-refractivity contribution in [2.24, 2.45) is 11.7 Å². The maximum Gasteiger partial charge on any atom is 0.0297 e. The Morgan fingerprint density at radius 3 is 2.56 bits per heavy atom. The summed E-state index contributed by atoms with van der Waals surface area (Å²) in [6, 6.07) is 13.2. The topological polar surface area (TPSA) is 26.0 Å². The van der Waals surface area contributed by atoms with Crippen LogP contribution in [0.5, 0.6) is 0 Å². The van der Waals surface area contributed by atoms with E-state index >= 15 is 0 Å². The molecule has 1 nitrogen and oxygen atoms in total. The Bertz CT molecular complexity index is 560. The Kier molecular flexibility index (Phi) is 3.40. The Balaban J connectivity index is 1.85. The second-order valence-corrected chi connectivity index (χ2v) is 6.31. The highest BCUT2D eigenvalue weighted by atomic mass is 79.9. The molecule has 1 saturated carbocycles. The second-order valence-electron chi connectivity index (χ2n) is 5.39. The van der Waals surface area contributed by atoms with Crippen LogP contribution >= 0.6 is 15.9 Å². The maximum absolute atomic E-state index is 6.32. The summed E-state index contributed by atoms with van der Waals surface area (Å²) in [7, 11) is 0. The Morgan fingerprint density at radius 1 is 1.11 bits per heavy atom. The van der Waals surface area contributed by atoms with E-state index in [1.807, 2.05) is 0 Å².